The van der Waals surface area contributed by atoms with Gasteiger partial charge < -0.3 is 24.3 Å². The Labute approximate surface area is 129 Å². The highest BCUT2D eigenvalue weighted by molar-refractivity contribution is 5.67. The van der Waals surface area contributed by atoms with Gasteiger partial charge in [-0.3, -0.25) is 9.59 Å². The number of nitro groups is 1. The van der Waals surface area contributed by atoms with Gasteiger partial charge in [-0.15, -0.1) is 0 Å². The topological polar surface area (TPSA) is 123 Å². The van der Waals surface area contributed by atoms with E-state index in [1.807, 2.05) is 0 Å². The molecule has 0 radical (unpaired) electrons. The van der Waals surface area contributed by atoms with Crippen LogP contribution in [0.2, 0.25) is 0 Å². The number of nitrogens with zero attached hydrogens (tertiary/aromatic N) is 3. The van der Waals surface area contributed by atoms with E-state index in [-0.39, 0.29) is 0 Å². The van der Waals surface area contributed by atoms with Gasteiger partial charge in [0.15, 0.2) is 12.2 Å². The van der Waals surface area contributed by atoms with Crippen molar-refractivity contribution >= 4 is 17.9 Å². The molecule has 4 atom stereocenters. The lowest BCUT2D eigenvalue weighted by atomic mass is 10.1. The minimum absolute atomic E-state index is 0.576. The standard InChI is InChI=1S/C12H14FN3O7/c1-6(17)21-9-8(5-13)23-11(10(9)22-7(2)18)15-4-3-14-12(15)16(19)20/h3-4,8-11H,5H2,1-2H3/t8-,9-,10+,11+/m1/s1/i13-1. The van der Waals surface area contributed by atoms with E-state index < -0.39 is 54.0 Å². The zero-order chi connectivity index (χ0) is 17.1. The SMILES string of the molecule is CC(=O)O[C@H]1[C@H](OC(C)=O)[C@@H](n2ccnc2[N+](=O)[O-])O[C@@H]1C[18F]. The number of halogens is 1. The van der Waals surface area contributed by atoms with Crippen LogP contribution in [0.15, 0.2) is 12.4 Å². The van der Waals surface area contributed by atoms with E-state index in [2.05, 4.69) is 4.98 Å². The third-order valence-electron chi connectivity index (χ3n) is 3.13. The average Bonchev–Trinajstić information content (AvgIpc) is 3.04. The fourth-order valence-corrected chi connectivity index (χ4v) is 2.35. The number of esters is 2. The molecule has 0 saturated carbocycles. The van der Waals surface area contributed by atoms with Crippen LogP contribution in [0, 0.1) is 10.1 Å². The molecule has 2 heterocycles. The van der Waals surface area contributed by atoms with Crippen molar-refractivity contribution in [1.82, 2.24) is 9.55 Å². The lowest BCUT2D eigenvalue weighted by Crippen LogP contribution is -2.39. The molecule has 0 spiro atoms. The molecule has 10 nitrogen and oxygen atoms in total. The quantitative estimate of drug-likeness (QED) is 0.435. The molecule has 1 aliphatic heterocycles. The molecule has 0 amide bonds. The maximum Gasteiger partial charge on any atom is 0.436 e. The molecule has 1 aromatic heterocycles. The van der Waals surface area contributed by atoms with Crippen LogP contribution in [0.1, 0.15) is 20.1 Å². The van der Waals surface area contributed by atoms with Gasteiger partial charge in [0.25, 0.3) is 0 Å². The summed E-state index contributed by atoms with van der Waals surface area (Å²) in [6.45, 7) is 1.18. The molecule has 1 aliphatic rings. The lowest BCUT2D eigenvalue weighted by Gasteiger charge is -2.22. The zero-order valence-corrected chi connectivity index (χ0v) is 12.2. The number of ether oxygens (including phenoxy) is 3. The van der Waals surface area contributed by atoms with Crippen LogP contribution < -0.4 is 0 Å². The van der Waals surface area contributed by atoms with E-state index in [0.717, 1.165) is 24.6 Å². The Kier molecular flexibility index (Phi) is 4.89. The minimum atomic E-state index is -1.25. The van der Waals surface area contributed by atoms with Gasteiger partial charge in [-0.05, 0) is 4.92 Å². The van der Waals surface area contributed by atoms with Crippen molar-refractivity contribution in [2.75, 3.05) is 6.67 Å². The molecule has 11 heteroatoms. The normalized spacial score (nSPS) is 26.7. The van der Waals surface area contributed by atoms with Gasteiger partial charge in [-0.25, -0.2) is 4.39 Å². The van der Waals surface area contributed by atoms with Crippen molar-refractivity contribution in [3.8, 4) is 0 Å². The smallest absolute Gasteiger partial charge is 0.436 e. The van der Waals surface area contributed by atoms with E-state index in [4.69, 9.17) is 14.2 Å². The van der Waals surface area contributed by atoms with Gasteiger partial charge in [0.2, 0.25) is 6.23 Å². The first kappa shape index (κ1) is 16.8. The summed E-state index contributed by atoms with van der Waals surface area (Å²) in [7, 11) is 0. The predicted molar refractivity (Wildman–Crippen MR) is 69.9 cm³/mol. The third kappa shape index (κ3) is 3.44. The van der Waals surface area contributed by atoms with Crippen molar-refractivity contribution in [3.63, 3.8) is 0 Å². The van der Waals surface area contributed by atoms with E-state index >= 15 is 0 Å². The van der Waals surface area contributed by atoms with Crippen molar-refractivity contribution < 1.29 is 33.1 Å². The molecule has 0 bridgehead atoms. The van der Waals surface area contributed by atoms with Gasteiger partial charge in [-0.1, -0.05) is 4.98 Å². The Morgan fingerprint density at radius 2 is 2.00 bits per heavy atom. The molecular weight excluding hydrogens is 316 g/mol. The van der Waals surface area contributed by atoms with Gasteiger partial charge in [0.1, 0.15) is 25.2 Å². The van der Waals surface area contributed by atoms with Crippen molar-refractivity contribution in [2.24, 2.45) is 0 Å². The third-order valence-corrected chi connectivity index (χ3v) is 3.13. The Bertz CT molecular complexity index is 620. The Morgan fingerprint density at radius 1 is 1.39 bits per heavy atom. The number of carbonyl (C=O) groups excluding carboxylic acids is 2. The molecule has 1 fully saturated rings. The first-order valence-corrected chi connectivity index (χ1v) is 6.58. The summed E-state index contributed by atoms with van der Waals surface area (Å²) in [5.41, 5.74) is 0. The molecule has 1 aromatic rings. The summed E-state index contributed by atoms with van der Waals surface area (Å²) in [6.07, 6.45) is -2.57. The molecular formula is C12H14FN3O7. The number of rotatable bonds is 5. The van der Waals surface area contributed by atoms with Gasteiger partial charge in [0, 0.05) is 13.8 Å². The van der Waals surface area contributed by atoms with E-state index in [9.17, 15) is 24.1 Å². The van der Waals surface area contributed by atoms with Crippen molar-refractivity contribution in [3.05, 3.63) is 22.5 Å². The fraction of sp³-hybridized carbons (Fsp3) is 0.583. The second kappa shape index (κ2) is 6.69. The summed E-state index contributed by atoms with van der Waals surface area (Å²) in [4.78, 5) is 36.2. The summed E-state index contributed by atoms with van der Waals surface area (Å²) >= 11 is 0. The molecule has 0 aliphatic carbocycles. The fourth-order valence-electron chi connectivity index (χ4n) is 2.35. The second-order valence-electron chi connectivity index (χ2n) is 4.76. The Balaban J connectivity index is 2.39. The highest BCUT2D eigenvalue weighted by atomic mass is 18.2. The van der Waals surface area contributed by atoms with Gasteiger partial charge in [-0.2, -0.15) is 4.57 Å². The summed E-state index contributed by atoms with van der Waals surface area (Å²) in [5.74, 6) is -2.04. The van der Waals surface area contributed by atoms with E-state index in [0.29, 0.717) is 0 Å². The number of hydrogen-bond acceptors (Lipinski definition) is 8. The van der Waals surface area contributed by atoms with E-state index in [1.54, 1.807) is 0 Å². The molecule has 0 aromatic carbocycles. The van der Waals surface area contributed by atoms with Gasteiger partial charge >= 0.3 is 17.9 Å². The molecule has 23 heavy (non-hydrogen) atoms. The monoisotopic (exact) mass is 330 g/mol. The molecule has 0 unspecified atom stereocenters. The minimum Gasteiger partial charge on any atom is -0.455 e. The summed E-state index contributed by atoms with van der Waals surface area (Å²) in [6, 6.07) is 0. The van der Waals surface area contributed by atoms with Crippen LogP contribution in [0.3, 0.4) is 0 Å². The van der Waals surface area contributed by atoms with Crippen LogP contribution in [0.4, 0.5) is 10.3 Å². The maximum absolute atomic E-state index is 13.2. The Hall–Kier alpha value is -2.56. The number of alkyl halides is 1. The predicted octanol–water partition coefficient (Wildman–Crippen LogP) is 0.522. The second-order valence-corrected chi connectivity index (χ2v) is 4.76. The van der Waals surface area contributed by atoms with Crippen LogP contribution in [0.25, 0.3) is 0 Å². The number of aromatic nitrogens is 2. The van der Waals surface area contributed by atoms with E-state index in [1.165, 1.54) is 6.20 Å². The average molecular weight is 330 g/mol. The molecule has 126 valence electrons. The van der Waals surface area contributed by atoms with Crippen molar-refractivity contribution in [1.29, 1.82) is 0 Å². The largest absolute Gasteiger partial charge is 0.455 e. The van der Waals surface area contributed by atoms with Crippen LogP contribution in [-0.4, -0.2) is 51.4 Å². The van der Waals surface area contributed by atoms with Crippen LogP contribution in [0.5, 0.6) is 0 Å². The highest BCUT2D eigenvalue weighted by Gasteiger charge is 2.52. The van der Waals surface area contributed by atoms with Gasteiger partial charge in [0.05, 0.1) is 0 Å². The number of hydrogen-bond donors (Lipinski definition) is 0. The highest BCUT2D eigenvalue weighted by Crippen LogP contribution is 2.36. The first-order valence-electron chi connectivity index (χ1n) is 6.58. The molecule has 2 rings (SSSR count). The molecule has 1 saturated heterocycles. The van der Waals surface area contributed by atoms with Crippen LogP contribution in [-0.2, 0) is 23.8 Å². The number of imidazole rings is 1. The maximum atomic E-state index is 13.2. The first-order chi connectivity index (χ1) is 10.8. The lowest BCUT2D eigenvalue weighted by molar-refractivity contribution is -0.398. The summed E-state index contributed by atoms with van der Waals surface area (Å²) in [5, 5.41) is 11.0. The van der Waals surface area contributed by atoms with Crippen LogP contribution >= 0.6 is 0 Å². The number of carbonyl (C=O) groups is 2. The van der Waals surface area contributed by atoms with Crippen molar-refractivity contribution in [2.45, 2.75) is 38.4 Å². The zero-order valence-electron chi connectivity index (χ0n) is 12.2. The molecule has 0 N–H and O–H groups in total. The Morgan fingerprint density at radius 3 is 2.52 bits per heavy atom. The summed E-state index contributed by atoms with van der Waals surface area (Å²) < 4.78 is 29.5.